The van der Waals surface area contributed by atoms with E-state index >= 15 is 0 Å². The molecule has 2 atom stereocenters. The van der Waals surface area contributed by atoms with Crippen molar-refractivity contribution in [3.63, 3.8) is 0 Å². The van der Waals surface area contributed by atoms with Crippen LogP contribution in [0.25, 0.3) is 10.4 Å². The van der Waals surface area contributed by atoms with Crippen molar-refractivity contribution >= 4 is 17.2 Å². The maximum absolute atomic E-state index is 11.9. The van der Waals surface area contributed by atoms with E-state index in [1.54, 1.807) is 0 Å². The summed E-state index contributed by atoms with van der Waals surface area (Å²) in [5, 5.41) is 0. The number of rotatable bonds is 3. The predicted octanol–water partition coefficient (Wildman–Crippen LogP) is 3.47. The van der Waals surface area contributed by atoms with E-state index in [1.807, 2.05) is 23.3 Å². The van der Waals surface area contributed by atoms with E-state index < -0.39 is 0 Å². The summed E-state index contributed by atoms with van der Waals surface area (Å²) in [6.45, 7) is 3.13. The lowest BCUT2D eigenvalue weighted by atomic mass is 9.92. The minimum Gasteiger partial charge on any atom is -0.341 e. The van der Waals surface area contributed by atoms with Gasteiger partial charge in [-0.15, -0.1) is 11.3 Å². The number of piperidine rings is 1. The zero-order valence-corrected chi connectivity index (χ0v) is 14.3. The van der Waals surface area contributed by atoms with Gasteiger partial charge < -0.3 is 4.90 Å². The van der Waals surface area contributed by atoms with Crippen molar-refractivity contribution in [2.24, 2.45) is 5.92 Å². The van der Waals surface area contributed by atoms with Gasteiger partial charge in [-0.2, -0.15) is 0 Å². The minimum absolute atomic E-state index is 0.323. The van der Waals surface area contributed by atoms with Crippen molar-refractivity contribution in [3.05, 3.63) is 47.3 Å². The van der Waals surface area contributed by atoms with Gasteiger partial charge in [0.25, 0.3) is 0 Å². The Hall–Kier alpha value is -1.65. The molecule has 2 fully saturated rings. The Morgan fingerprint density at radius 2 is 2.00 bits per heavy atom. The third-order valence-corrected chi connectivity index (χ3v) is 6.35. The highest BCUT2D eigenvalue weighted by molar-refractivity contribution is 7.15. The number of amides is 1. The summed E-state index contributed by atoms with van der Waals surface area (Å²) in [6.07, 6.45) is 1.91. The van der Waals surface area contributed by atoms with Gasteiger partial charge in [0, 0.05) is 42.4 Å². The van der Waals surface area contributed by atoms with Gasteiger partial charge in [-0.05, 0) is 36.6 Å². The molecular weight excluding hydrogens is 304 g/mol. The van der Waals surface area contributed by atoms with Gasteiger partial charge in [0.2, 0.25) is 5.91 Å². The Balaban J connectivity index is 1.43. The molecule has 3 heterocycles. The van der Waals surface area contributed by atoms with Gasteiger partial charge in [-0.25, -0.2) is 0 Å². The van der Waals surface area contributed by atoms with Crippen LogP contribution in [0.3, 0.4) is 0 Å². The van der Waals surface area contributed by atoms with Crippen LogP contribution in [0, 0.1) is 5.92 Å². The quantitative estimate of drug-likeness (QED) is 0.862. The first kappa shape index (κ1) is 14.9. The maximum Gasteiger partial charge on any atom is 0.222 e. The largest absolute Gasteiger partial charge is 0.341 e. The molecule has 0 unspecified atom stereocenters. The van der Waals surface area contributed by atoms with Crippen LogP contribution in [0.2, 0.25) is 0 Å². The smallest absolute Gasteiger partial charge is 0.222 e. The van der Waals surface area contributed by atoms with Crippen molar-refractivity contribution in [1.82, 2.24) is 9.80 Å². The molecule has 3 nitrogen and oxygen atoms in total. The van der Waals surface area contributed by atoms with Crippen molar-refractivity contribution in [1.29, 1.82) is 0 Å². The third-order valence-electron chi connectivity index (χ3n) is 5.23. The lowest BCUT2D eigenvalue weighted by molar-refractivity contribution is -0.127. The van der Waals surface area contributed by atoms with E-state index in [0.29, 0.717) is 17.9 Å². The molecule has 1 amide bonds. The first-order valence-corrected chi connectivity index (χ1v) is 9.14. The van der Waals surface area contributed by atoms with Gasteiger partial charge in [0.05, 0.1) is 0 Å². The summed E-state index contributed by atoms with van der Waals surface area (Å²) in [7, 11) is 1.97. The minimum atomic E-state index is 0.323. The van der Waals surface area contributed by atoms with Crippen molar-refractivity contribution in [2.75, 3.05) is 20.1 Å². The monoisotopic (exact) mass is 326 g/mol. The highest BCUT2D eigenvalue weighted by Crippen LogP contribution is 2.33. The van der Waals surface area contributed by atoms with Crippen LogP contribution in [0.4, 0.5) is 0 Å². The molecule has 2 aliphatic heterocycles. The van der Waals surface area contributed by atoms with Gasteiger partial charge in [0.1, 0.15) is 0 Å². The number of thiophene rings is 1. The highest BCUT2D eigenvalue weighted by Gasteiger charge is 2.40. The van der Waals surface area contributed by atoms with Crippen LogP contribution in [0.5, 0.6) is 0 Å². The first-order chi connectivity index (χ1) is 11.2. The van der Waals surface area contributed by atoms with Crippen LogP contribution in [-0.4, -0.2) is 41.9 Å². The van der Waals surface area contributed by atoms with E-state index in [2.05, 4.69) is 47.4 Å². The Kier molecular flexibility index (Phi) is 3.95. The molecule has 4 rings (SSSR count). The van der Waals surface area contributed by atoms with Gasteiger partial charge in [-0.1, -0.05) is 30.3 Å². The van der Waals surface area contributed by atoms with Crippen LogP contribution >= 0.6 is 11.3 Å². The molecule has 0 bridgehead atoms. The van der Waals surface area contributed by atoms with E-state index in [-0.39, 0.29) is 0 Å². The molecule has 2 aromatic rings. The Bertz CT molecular complexity index is 696. The standard InChI is InChI=1S/C19H22N2OS/c1-20-17-13-21(10-9-15(17)11-19(20)22)12-16-7-8-18(23-16)14-5-3-2-4-6-14/h2-8,15,17H,9-13H2,1H3/t15-,17-/m1/s1. The Labute approximate surface area is 141 Å². The fraction of sp³-hybridized carbons (Fsp3) is 0.421. The molecule has 4 heteroatoms. The summed E-state index contributed by atoms with van der Waals surface area (Å²) in [6, 6.07) is 15.5. The fourth-order valence-electron chi connectivity index (χ4n) is 3.86. The number of hydrogen-bond donors (Lipinski definition) is 0. The maximum atomic E-state index is 11.9. The van der Waals surface area contributed by atoms with Crippen LogP contribution in [0.15, 0.2) is 42.5 Å². The topological polar surface area (TPSA) is 23.6 Å². The number of carbonyl (C=O) groups is 1. The number of likely N-dealkylation sites (N-methyl/N-ethyl adjacent to an activating group) is 1. The highest BCUT2D eigenvalue weighted by atomic mass is 32.1. The zero-order valence-electron chi connectivity index (χ0n) is 13.4. The Morgan fingerprint density at radius 3 is 2.83 bits per heavy atom. The lowest BCUT2D eigenvalue weighted by Crippen LogP contribution is -2.46. The molecule has 0 aliphatic carbocycles. The molecule has 2 saturated heterocycles. The fourth-order valence-corrected chi connectivity index (χ4v) is 4.92. The summed E-state index contributed by atoms with van der Waals surface area (Å²) >= 11 is 1.88. The molecule has 0 radical (unpaired) electrons. The van der Waals surface area contributed by atoms with E-state index in [0.717, 1.165) is 32.5 Å². The summed E-state index contributed by atoms with van der Waals surface area (Å²) < 4.78 is 0. The van der Waals surface area contributed by atoms with Crippen molar-refractivity contribution in [3.8, 4) is 10.4 Å². The normalized spacial score (nSPS) is 24.9. The van der Waals surface area contributed by atoms with Crippen LogP contribution < -0.4 is 0 Å². The van der Waals surface area contributed by atoms with Crippen LogP contribution in [0.1, 0.15) is 17.7 Å². The molecule has 1 aromatic heterocycles. The molecule has 0 N–H and O–H groups in total. The van der Waals surface area contributed by atoms with Crippen molar-refractivity contribution < 1.29 is 4.79 Å². The SMILES string of the molecule is CN1C(=O)C[C@H]2CCN(Cc3ccc(-c4ccccc4)s3)C[C@H]21. The number of hydrogen-bond acceptors (Lipinski definition) is 3. The second-order valence-corrected chi connectivity index (χ2v) is 7.86. The van der Waals surface area contributed by atoms with E-state index in [1.165, 1.54) is 15.3 Å². The predicted molar refractivity (Wildman–Crippen MR) is 94.3 cm³/mol. The van der Waals surface area contributed by atoms with Crippen molar-refractivity contribution in [2.45, 2.75) is 25.4 Å². The third kappa shape index (κ3) is 2.93. The summed E-state index contributed by atoms with van der Waals surface area (Å²) in [4.78, 5) is 19.1. The number of fused-ring (bicyclic) bond motifs is 1. The number of likely N-dealkylation sites (tertiary alicyclic amines) is 2. The van der Waals surface area contributed by atoms with Gasteiger partial charge in [-0.3, -0.25) is 9.69 Å². The van der Waals surface area contributed by atoms with Crippen LogP contribution in [-0.2, 0) is 11.3 Å². The molecule has 23 heavy (non-hydrogen) atoms. The zero-order chi connectivity index (χ0) is 15.8. The number of carbonyl (C=O) groups excluding carboxylic acids is 1. The molecule has 0 spiro atoms. The second kappa shape index (κ2) is 6.10. The molecule has 2 aliphatic rings. The molecule has 0 saturated carbocycles. The molecule has 1 aromatic carbocycles. The van der Waals surface area contributed by atoms with E-state index in [9.17, 15) is 4.79 Å². The van der Waals surface area contributed by atoms with Gasteiger partial charge >= 0.3 is 0 Å². The Morgan fingerprint density at radius 1 is 1.17 bits per heavy atom. The number of nitrogens with zero attached hydrogens (tertiary/aromatic N) is 2. The molecular formula is C19H22N2OS. The second-order valence-electron chi connectivity index (χ2n) is 6.69. The molecule has 120 valence electrons. The summed E-state index contributed by atoms with van der Waals surface area (Å²) in [5.74, 6) is 0.899. The van der Waals surface area contributed by atoms with E-state index in [4.69, 9.17) is 0 Å². The summed E-state index contributed by atoms with van der Waals surface area (Å²) in [5.41, 5.74) is 1.29. The lowest BCUT2D eigenvalue weighted by Gasteiger charge is -2.36. The number of benzene rings is 1. The average molecular weight is 326 g/mol. The first-order valence-electron chi connectivity index (χ1n) is 8.33. The van der Waals surface area contributed by atoms with Gasteiger partial charge in [0.15, 0.2) is 0 Å². The average Bonchev–Trinajstić information content (AvgIpc) is 3.15.